The first-order chi connectivity index (χ1) is 17.1. The molecule has 3 aromatic rings. The van der Waals surface area contributed by atoms with Gasteiger partial charge in [-0.15, -0.1) is 0 Å². The summed E-state index contributed by atoms with van der Waals surface area (Å²) in [4.78, 5) is 36.1. The quantitative estimate of drug-likeness (QED) is 0.290. The third-order valence-corrected chi connectivity index (χ3v) is 5.99. The zero-order valence-electron chi connectivity index (χ0n) is 19.0. The normalized spacial score (nSPS) is 24.8. The van der Waals surface area contributed by atoms with E-state index in [2.05, 4.69) is 0 Å². The predicted molar refractivity (Wildman–Crippen MR) is 123 cm³/mol. The van der Waals surface area contributed by atoms with E-state index in [1.54, 1.807) is 30.3 Å². The summed E-state index contributed by atoms with van der Waals surface area (Å²) in [5.41, 5.74) is -0.392. The molecule has 1 aliphatic heterocycles. The number of hydrogen-bond donors (Lipinski definition) is 5. The number of Topliss-reactive ketones (excluding diaryl/α,β-unsaturated/α-hetero) is 1. The van der Waals surface area contributed by atoms with E-state index in [1.807, 2.05) is 0 Å². The van der Waals surface area contributed by atoms with E-state index >= 15 is 0 Å². The molecule has 6 atom stereocenters. The van der Waals surface area contributed by atoms with Gasteiger partial charge in [-0.2, -0.15) is 0 Å². The summed E-state index contributed by atoms with van der Waals surface area (Å²) in [6.45, 7) is 1.38. The summed E-state index contributed by atoms with van der Waals surface area (Å²) in [5, 5.41) is 50.2. The molecule has 1 saturated heterocycles. The highest BCUT2D eigenvalue weighted by atomic mass is 16.7. The maximum atomic E-state index is 12.9. The zero-order valence-corrected chi connectivity index (χ0v) is 19.0. The van der Waals surface area contributed by atoms with Crippen LogP contribution >= 0.6 is 0 Å². The van der Waals surface area contributed by atoms with Crippen LogP contribution in [0, 0.1) is 0 Å². The highest BCUT2D eigenvalue weighted by molar-refractivity contribution is 5.86. The van der Waals surface area contributed by atoms with Crippen molar-refractivity contribution in [2.45, 2.75) is 50.0 Å². The molecular weight excluding hydrogens is 476 g/mol. The van der Waals surface area contributed by atoms with Crippen molar-refractivity contribution in [3.63, 3.8) is 0 Å². The van der Waals surface area contributed by atoms with Crippen molar-refractivity contribution in [1.29, 1.82) is 0 Å². The van der Waals surface area contributed by atoms with Crippen LogP contribution in [0.15, 0.2) is 57.7 Å². The Morgan fingerprint density at radius 1 is 1.03 bits per heavy atom. The average Bonchev–Trinajstić information content (AvgIpc) is 2.83. The minimum atomic E-state index is -1.88. The van der Waals surface area contributed by atoms with E-state index in [0.29, 0.717) is 5.56 Å². The monoisotopic (exact) mass is 500 g/mol. The van der Waals surface area contributed by atoms with Crippen molar-refractivity contribution in [1.82, 2.24) is 0 Å². The molecule has 4 rings (SSSR count). The molecule has 1 fully saturated rings. The van der Waals surface area contributed by atoms with Crippen molar-refractivity contribution in [2.24, 2.45) is 0 Å². The number of aliphatic hydroxyl groups is 3. The number of rotatable bonds is 7. The van der Waals surface area contributed by atoms with E-state index in [1.165, 1.54) is 25.1 Å². The Morgan fingerprint density at radius 2 is 1.72 bits per heavy atom. The summed E-state index contributed by atoms with van der Waals surface area (Å²) < 4.78 is 16.0. The summed E-state index contributed by atoms with van der Waals surface area (Å²) >= 11 is 0. The fraction of sp³-hybridized carbons (Fsp3) is 0.320. The summed E-state index contributed by atoms with van der Waals surface area (Å²) in [7, 11) is 0. The molecule has 2 aromatic carbocycles. The van der Waals surface area contributed by atoms with Gasteiger partial charge < -0.3 is 39.4 Å². The van der Waals surface area contributed by atoms with E-state index < -0.39 is 48.2 Å². The molecule has 0 spiro atoms. The number of aliphatic hydroxyl groups excluding tert-OH is 3. The van der Waals surface area contributed by atoms with Gasteiger partial charge in [-0.1, -0.05) is 30.3 Å². The van der Waals surface area contributed by atoms with Gasteiger partial charge in [0.2, 0.25) is 6.29 Å². The van der Waals surface area contributed by atoms with Crippen LogP contribution in [0.4, 0.5) is 0 Å². The first-order valence-corrected chi connectivity index (χ1v) is 11.0. The van der Waals surface area contributed by atoms with Gasteiger partial charge in [0, 0.05) is 18.4 Å². The molecule has 5 N–H and O–H groups in total. The molecule has 11 nitrogen and oxygen atoms in total. The zero-order chi connectivity index (χ0) is 26.1. The largest absolute Gasteiger partial charge is 0.507 e. The number of benzene rings is 2. The van der Waals surface area contributed by atoms with Crippen LogP contribution < -0.4 is 10.4 Å². The average molecular weight is 500 g/mol. The Labute approximate surface area is 203 Å². The molecule has 0 amide bonds. The fourth-order valence-electron chi connectivity index (χ4n) is 4.20. The van der Waals surface area contributed by atoms with Crippen molar-refractivity contribution in [3.05, 3.63) is 70.1 Å². The third kappa shape index (κ3) is 4.82. The summed E-state index contributed by atoms with van der Waals surface area (Å²) in [6.07, 6.45) is -9.08. The van der Waals surface area contributed by atoms with Crippen LogP contribution in [0.3, 0.4) is 0 Å². The summed E-state index contributed by atoms with van der Waals surface area (Å²) in [6, 6.07) is 12.7. The highest BCUT2D eigenvalue weighted by Crippen LogP contribution is 2.37. The molecule has 11 heteroatoms. The molecule has 1 aromatic heterocycles. The number of ketones is 1. The molecule has 190 valence electrons. The van der Waals surface area contributed by atoms with E-state index in [-0.39, 0.29) is 40.2 Å². The maximum Gasteiger partial charge on any atom is 0.343 e. The van der Waals surface area contributed by atoms with Crippen molar-refractivity contribution in [3.8, 4) is 11.5 Å². The Morgan fingerprint density at radius 3 is 2.36 bits per heavy atom. The minimum absolute atomic E-state index is 0.0368. The second kappa shape index (κ2) is 10.1. The number of carboxylic acid groups (broad SMARTS) is 1. The van der Waals surface area contributed by atoms with Crippen molar-refractivity contribution in [2.75, 3.05) is 0 Å². The Bertz CT molecular complexity index is 1330. The molecule has 2 heterocycles. The van der Waals surface area contributed by atoms with Crippen molar-refractivity contribution >= 4 is 22.7 Å². The van der Waals surface area contributed by atoms with Gasteiger partial charge in [0.25, 0.3) is 0 Å². The van der Waals surface area contributed by atoms with Crippen LogP contribution in [0.5, 0.6) is 11.5 Å². The second-order valence-corrected chi connectivity index (χ2v) is 8.53. The van der Waals surface area contributed by atoms with Gasteiger partial charge >= 0.3 is 11.6 Å². The minimum Gasteiger partial charge on any atom is -0.507 e. The Kier molecular flexibility index (Phi) is 7.09. The number of aromatic hydroxyl groups is 1. The molecule has 1 unspecified atom stereocenters. The van der Waals surface area contributed by atoms with Crippen LogP contribution in [-0.4, -0.2) is 68.0 Å². The lowest BCUT2D eigenvalue weighted by atomic mass is 9.87. The van der Waals surface area contributed by atoms with Gasteiger partial charge in [0.05, 0.1) is 10.9 Å². The second-order valence-electron chi connectivity index (χ2n) is 8.53. The van der Waals surface area contributed by atoms with Crippen LogP contribution in [-0.2, 0) is 14.3 Å². The Hall–Kier alpha value is -3.77. The lowest BCUT2D eigenvalue weighted by Gasteiger charge is -2.38. The Balaban J connectivity index is 1.70. The van der Waals surface area contributed by atoms with E-state index in [4.69, 9.17) is 13.9 Å². The number of carbonyl (C=O) groups is 2. The van der Waals surface area contributed by atoms with Crippen LogP contribution in [0.2, 0.25) is 0 Å². The SMILES string of the molecule is CC(=O)C[C@H](c1ccccc1)c1c(O)c2ccc(OC3O[C@H](C(=O)O)[C@@H](O)[C@H](O)[C@H]3O)cc2oc1=O. The van der Waals surface area contributed by atoms with Gasteiger partial charge in [-0.25, -0.2) is 9.59 Å². The smallest absolute Gasteiger partial charge is 0.343 e. The lowest BCUT2D eigenvalue weighted by Crippen LogP contribution is -2.61. The number of hydrogen-bond acceptors (Lipinski definition) is 10. The van der Waals surface area contributed by atoms with Gasteiger partial charge in [0.15, 0.2) is 6.10 Å². The highest BCUT2D eigenvalue weighted by Gasteiger charge is 2.48. The van der Waals surface area contributed by atoms with Crippen LogP contribution in [0.1, 0.15) is 30.4 Å². The lowest BCUT2D eigenvalue weighted by molar-refractivity contribution is -0.271. The van der Waals surface area contributed by atoms with Gasteiger partial charge in [-0.3, -0.25) is 4.79 Å². The van der Waals surface area contributed by atoms with E-state index in [9.17, 15) is 39.9 Å². The molecule has 0 aliphatic carbocycles. The number of carbonyl (C=O) groups excluding carboxylic acids is 1. The fourth-order valence-corrected chi connectivity index (χ4v) is 4.20. The van der Waals surface area contributed by atoms with Gasteiger partial charge in [0.1, 0.15) is 41.2 Å². The maximum absolute atomic E-state index is 12.9. The van der Waals surface area contributed by atoms with Crippen molar-refractivity contribution < 1.29 is 49.0 Å². The molecule has 36 heavy (non-hydrogen) atoms. The predicted octanol–water partition coefficient (Wildman–Crippen LogP) is 0.881. The summed E-state index contributed by atoms with van der Waals surface area (Å²) in [5.74, 6) is -2.92. The first-order valence-electron chi connectivity index (χ1n) is 11.0. The number of aliphatic carboxylic acids is 1. The molecule has 0 radical (unpaired) electrons. The molecule has 0 saturated carbocycles. The molecule has 1 aliphatic rings. The molecular formula is C25H24O11. The number of fused-ring (bicyclic) bond motifs is 1. The number of carboxylic acids is 1. The van der Waals surface area contributed by atoms with Crippen LogP contribution in [0.25, 0.3) is 11.0 Å². The van der Waals surface area contributed by atoms with Gasteiger partial charge in [-0.05, 0) is 24.6 Å². The standard InChI is InChI=1S/C25H24O11/c1-11(26)9-15(12-5-3-2-4-6-12)17-18(27)14-8-7-13(10-16(14)35-24(17)33)34-25-21(30)19(28)20(29)22(36-25)23(31)32/h2-8,10,15,19-22,25,27-30H,9H2,1H3,(H,31,32)/t15-,19+,20+,21-,22+,25?/m1/s1. The van der Waals surface area contributed by atoms with E-state index in [0.717, 1.165) is 0 Å². The molecule has 0 bridgehead atoms. The number of ether oxygens (including phenoxy) is 2. The topological polar surface area (TPSA) is 184 Å². The first kappa shape index (κ1) is 25.3. The third-order valence-electron chi connectivity index (χ3n) is 5.99.